The Labute approximate surface area is 148 Å². The number of benzene rings is 1. The van der Waals surface area contributed by atoms with Crippen LogP contribution in [0.15, 0.2) is 48.7 Å². The molecule has 0 saturated carbocycles. The maximum absolute atomic E-state index is 11.9. The summed E-state index contributed by atoms with van der Waals surface area (Å²) < 4.78 is 0. The van der Waals surface area contributed by atoms with E-state index in [9.17, 15) is 14.4 Å². The Bertz CT molecular complexity index is 752. The fourth-order valence-electron chi connectivity index (χ4n) is 1.98. The number of pyridine rings is 1. The molecule has 0 spiro atoms. The molecule has 1 aromatic carbocycles. The van der Waals surface area contributed by atoms with Crippen LogP contribution in [0.1, 0.15) is 11.6 Å². The Hall–Kier alpha value is -3.13. The quantitative estimate of drug-likeness (QED) is 0.604. The second kappa shape index (κ2) is 8.65. The van der Waals surface area contributed by atoms with Gasteiger partial charge in [0.15, 0.2) is 0 Å². The SMILES string of the molecule is O=C(O)NC(CNC(=O)C(=O)Nc1ccc(Cl)cn1)c1ccccc1. The fourth-order valence-corrected chi connectivity index (χ4v) is 2.10. The molecular formula is C16H15ClN4O4. The van der Waals surface area contributed by atoms with Gasteiger partial charge in [0, 0.05) is 12.7 Å². The number of halogens is 1. The number of carboxylic acid groups (broad SMARTS) is 1. The maximum Gasteiger partial charge on any atom is 0.405 e. The van der Waals surface area contributed by atoms with E-state index in [4.69, 9.17) is 16.7 Å². The van der Waals surface area contributed by atoms with Crippen molar-refractivity contribution in [1.29, 1.82) is 0 Å². The van der Waals surface area contributed by atoms with Crippen molar-refractivity contribution in [3.05, 3.63) is 59.2 Å². The van der Waals surface area contributed by atoms with Crippen molar-refractivity contribution in [2.75, 3.05) is 11.9 Å². The minimum absolute atomic E-state index is 0.0867. The van der Waals surface area contributed by atoms with E-state index < -0.39 is 23.9 Å². The minimum atomic E-state index is -1.24. The average molecular weight is 363 g/mol. The number of amides is 3. The van der Waals surface area contributed by atoms with Crippen LogP contribution in [0.5, 0.6) is 0 Å². The van der Waals surface area contributed by atoms with Crippen molar-refractivity contribution in [2.45, 2.75) is 6.04 Å². The Morgan fingerprint density at radius 1 is 1.08 bits per heavy atom. The number of aromatic nitrogens is 1. The second-order valence-corrected chi connectivity index (χ2v) is 5.38. The molecule has 130 valence electrons. The zero-order chi connectivity index (χ0) is 18.2. The number of hydrogen-bond donors (Lipinski definition) is 4. The lowest BCUT2D eigenvalue weighted by Crippen LogP contribution is -2.41. The van der Waals surface area contributed by atoms with Gasteiger partial charge in [-0.25, -0.2) is 9.78 Å². The molecule has 0 aliphatic rings. The summed E-state index contributed by atoms with van der Waals surface area (Å²) in [7, 11) is 0. The summed E-state index contributed by atoms with van der Waals surface area (Å²) in [4.78, 5) is 38.5. The van der Waals surface area contributed by atoms with Crippen LogP contribution in [0.3, 0.4) is 0 Å². The van der Waals surface area contributed by atoms with E-state index in [1.165, 1.54) is 18.3 Å². The Balaban J connectivity index is 1.94. The van der Waals surface area contributed by atoms with Gasteiger partial charge in [0.2, 0.25) is 0 Å². The topological polar surface area (TPSA) is 120 Å². The van der Waals surface area contributed by atoms with Gasteiger partial charge >= 0.3 is 17.9 Å². The first-order valence-electron chi connectivity index (χ1n) is 7.21. The fraction of sp³-hybridized carbons (Fsp3) is 0.125. The number of nitrogens with one attached hydrogen (secondary N) is 3. The monoisotopic (exact) mass is 362 g/mol. The van der Waals surface area contributed by atoms with Crippen LogP contribution in [0.2, 0.25) is 5.02 Å². The van der Waals surface area contributed by atoms with Crippen LogP contribution in [0.4, 0.5) is 10.6 Å². The van der Waals surface area contributed by atoms with E-state index in [0.29, 0.717) is 10.6 Å². The Kier molecular flexibility index (Phi) is 6.30. The van der Waals surface area contributed by atoms with Crippen molar-refractivity contribution in [3.8, 4) is 0 Å². The molecule has 2 aromatic rings. The van der Waals surface area contributed by atoms with E-state index in [1.807, 2.05) is 0 Å². The lowest BCUT2D eigenvalue weighted by Gasteiger charge is -2.17. The van der Waals surface area contributed by atoms with Crippen molar-refractivity contribution in [3.63, 3.8) is 0 Å². The molecule has 4 N–H and O–H groups in total. The number of carbonyl (C=O) groups is 3. The van der Waals surface area contributed by atoms with Gasteiger partial charge in [-0.05, 0) is 17.7 Å². The standard InChI is InChI=1S/C16H15ClN4O4/c17-11-6-7-13(18-8-11)21-15(23)14(22)19-9-12(20-16(24)25)10-4-2-1-3-5-10/h1-8,12,20H,9H2,(H,19,22)(H,24,25)(H,18,21,23). The van der Waals surface area contributed by atoms with Gasteiger partial charge in [-0.3, -0.25) is 9.59 Å². The molecule has 0 radical (unpaired) electrons. The molecule has 0 saturated heterocycles. The van der Waals surface area contributed by atoms with Crippen molar-refractivity contribution in [1.82, 2.24) is 15.6 Å². The summed E-state index contributed by atoms with van der Waals surface area (Å²) in [6, 6.07) is 11.0. The van der Waals surface area contributed by atoms with E-state index in [-0.39, 0.29) is 12.4 Å². The summed E-state index contributed by atoms with van der Waals surface area (Å²) in [6.45, 7) is -0.0867. The van der Waals surface area contributed by atoms with Gasteiger partial charge in [0.25, 0.3) is 0 Å². The third-order valence-corrected chi connectivity index (χ3v) is 3.37. The van der Waals surface area contributed by atoms with E-state index >= 15 is 0 Å². The molecule has 1 aromatic heterocycles. The Morgan fingerprint density at radius 3 is 2.40 bits per heavy atom. The first kappa shape index (κ1) is 18.2. The summed E-state index contributed by atoms with van der Waals surface area (Å²) in [5, 5.41) is 16.3. The molecule has 0 aliphatic carbocycles. The molecule has 1 atom stereocenters. The molecule has 2 rings (SSSR count). The number of carbonyl (C=O) groups excluding carboxylic acids is 2. The zero-order valence-electron chi connectivity index (χ0n) is 12.9. The molecule has 3 amide bonds. The highest BCUT2D eigenvalue weighted by atomic mass is 35.5. The first-order chi connectivity index (χ1) is 12.0. The zero-order valence-corrected chi connectivity index (χ0v) is 13.7. The second-order valence-electron chi connectivity index (χ2n) is 4.94. The van der Waals surface area contributed by atoms with Crippen molar-refractivity contribution in [2.24, 2.45) is 0 Å². The summed E-state index contributed by atoms with van der Waals surface area (Å²) in [6.07, 6.45) is 0.0926. The summed E-state index contributed by atoms with van der Waals surface area (Å²) in [5.41, 5.74) is 0.657. The van der Waals surface area contributed by atoms with Gasteiger partial charge in [-0.15, -0.1) is 0 Å². The molecule has 0 fully saturated rings. The highest BCUT2D eigenvalue weighted by molar-refractivity contribution is 6.39. The predicted octanol–water partition coefficient (Wildman–Crippen LogP) is 1.80. The number of nitrogens with zero attached hydrogens (tertiary/aromatic N) is 1. The van der Waals surface area contributed by atoms with Gasteiger partial charge in [-0.2, -0.15) is 0 Å². The molecule has 1 heterocycles. The van der Waals surface area contributed by atoms with Crippen LogP contribution in [0.25, 0.3) is 0 Å². The Morgan fingerprint density at radius 2 is 1.80 bits per heavy atom. The van der Waals surface area contributed by atoms with Crippen molar-refractivity contribution >= 4 is 35.3 Å². The first-order valence-corrected chi connectivity index (χ1v) is 7.58. The highest BCUT2D eigenvalue weighted by Crippen LogP contribution is 2.12. The third kappa shape index (κ3) is 5.78. The van der Waals surface area contributed by atoms with Crippen LogP contribution >= 0.6 is 11.6 Å². The largest absolute Gasteiger partial charge is 0.465 e. The highest BCUT2D eigenvalue weighted by Gasteiger charge is 2.19. The molecule has 0 bridgehead atoms. The summed E-state index contributed by atoms with van der Waals surface area (Å²) in [5.74, 6) is -1.66. The number of hydrogen-bond acceptors (Lipinski definition) is 4. The van der Waals surface area contributed by atoms with Crippen LogP contribution in [-0.4, -0.2) is 34.5 Å². The smallest absolute Gasteiger partial charge is 0.405 e. The average Bonchev–Trinajstić information content (AvgIpc) is 2.60. The third-order valence-electron chi connectivity index (χ3n) is 3.14. The van der Waals surface area contributed by atoms with Crippen LogP contribution < -0.4 is 16.0 Å². The normalized spacial score (nSPS) is 11.2. The van der Waals surface area contributed by atoms with E-state index in [1.54, 1.807) is 30.3 Å². The van der Waals surface area contributed by atoms with Crippen LogP contribution in [0, 0.1) is 0 Å². The molecule has 0 aliphatic heterocycles. The summed E-state index contributed by atoms with van der Waals surface area (Å²) >= 11 is 5.69. The number of anilines is 1. The molecule has 8 nitrogen and oxygen atoms in total. The molecule has 1 unspecified atom stereocenters. The number of rotatable bonds is 5. The van der Waals surface area contributed by atoms with E-state index in [2.05, 4.69) is 20.9 Å². The van der Waals surface area contributed by atoms with Gasteiger partial charge < -0.3 is 21.1 Å². The predicted molar refractivity (Wildman–Crippen MR) is 91.2 cm³/mol. The molecular weight excluding hydrogens is 348 g/mol. The lowest BCUT2D eigenvalue weighted by molar-refractivity contribution is -0.136. The molecule has 25 heavy (non-hydrogen) atoms. The van der Waals surface area contributed by atoms with E-state index in [0.717, 1.165) is 0 Å². The van der Waals surface area contributed by atoms with Gasteiger partial charge in [-0.1, -0.05) is 41.9 Å². The van der Waals surface area contributed by atoms with Gasteiger partial charge in [0.1, 0.15) is 5.82 Å². The maximum atomic E-state index is 11.9. The van der Waals surface area contributed by atoms with Gasteiger partial charge in [0.05, 0.1) is 11.1 Å². The minimum Gasteiger partial charge on any atom is -0.465 e. The lowest BCUT2D eigenvalue weighted by atomic mass is 10.1. The van der Waals surface area contributed by atoms with Crippen LogP contribution in [-0.2, 0) is 9.59 Å². The van der Waals surface area contributed by atoms with Crippen molar-refractivity contribution < 1.29 is 19.5 Å². The molecule has 9 heteroatoms.